The molecule has 8 nitrogen and oxygen atoms in total. The van der Waals surface area contributed by atoms with Crippen molar-refractivity contribution in [2.24, 2.45) is 0 Å². The molecule has 1 aliphatic rings. The molecule has 1 aliphatic heterocycles. The van der Waals surface area contributed by atoms with Gasteiger partial charge in [-0.2, -0.15) is 0 Å². The van der Waals surface area contributed by atoms with Crippen LogP contribution in [0.1, 0.15) is 26.3 Å². The molecule has 0 spiro atoms. The maximum Gasteiger partial charge on any atom is 0.269 e. The molecule has 3 aromatic carbocycles. The number of nitro benzene ring substituents is 1. The average Bonchev–Trinajstić information content (AvgIpc) is 3.04. The zero-order valence-corrected chi connectivity index (χ0v) is 18.3. The number of carbonyl (C=O) groups is 3. The third kappa shape index (κ3) is 4.44. The van der Waals surface area contributed by atoms with Crippen LogP contribution in [0.5, 0.6) is 0 Å². The van der Waals surface area contributed by atoms with Gasteiger partial charge in [-0.15, -0.1) is 0 Å². The van der Waals surface area contributed by atoms with Gasteiger partial charge in [-0.25, -0.2) is 0 Å². The number of fused-ring (bicyclic) bond motifs is 1. The molecule has 1 heterocycles. The van der Waals surface area contributed by atoms with Crippen molar-refractivity contribution in [2.75, 3.05) is 5.32 Å². The fourth-order valence-corrected chi connectivity index (χ4v) is 4.03. The van der Waals surface area contributed by atoms with Gasteiger partial charge in [-0.3, -0.25) is 29.4 Å². The summed E-state index contributed by atoms with van der Waals surface area (Å²) in [6, 6.07) is 15.1. The Morgan fingerprint density at radius 2 is 1.58 bits per heavy atom. The van der Waals surface area contributed by atoms with Gasteiger partial charge in [0.1, 0.15) is 6.04 Å². The fraction of sp³-hybridized carbons (Fsp3) is 0.0870. The zero-order valence-electron chi connectivity index (χ0n) is 16.8. The second kappa shape index (κ2) is 9.01. The van der Waals surface area contributed by atoms with Crippen molar-refractivity contribution >= 4 is 52.3 Å². The topological polar surface area (TPSA) is 110 Å². The Morgan fingerprint density at radius 3 is 2.12 bits per heavy atom. The minimum atomic E-state index is -1.23. The van der Waals surface area contributed by atoms with Gasteiger partial charge in [0, 0.05) is 23.6 Å². The molecular formula is C23H15Cl2N3O5. The minimum Gasteiger partial charge on any atom is -0.323 e. The van der Waals surface area contributed by atoms with Crippen molar-refractivity contribution in [3.05, 3.63) is 104 Å². The molecule has 3 aromatic rings. The summed E-state index contributed by atoms with van der Waals surface area (Å²) < 4.78 is 0. The highest BCUT2D eigenvalue weighted by atomic mass is 35.5. The molecular weight excluding hydrogens is 469 g/mol. The maximum absolute atomic E-state index is 13.3. The number of nitrogens with zero attached hydrogens (tertiary/aromatic N) is 2. The van der Waals surface area contributed by atoms with Crippen molar-refractivity contribution in [3.8, 4) is 0 Å². The number of non-ortho nitro benzene ring substituents is 1. The Hall–Kier alpha value is -3.75. The van der Waals surface area contributed by atoms with Crippen LogP contribution in [0.3, 0.4) is 0 Å². The summed E-state index contributed by atoms with van der Waals surface area (Å²) in [5.41, 5.74) is 1.08. The van der Waals surface area contributed by atoms with Crippen LogP contribution in [-0.2, 0) is 11.2 Å². The third-order valence-corrected chi connectivity index (χ3v) is 5.75. The standard InChI is InChI=1S/C23H15Cl2N3O5/c24-14-7-10-19(18(25)12-14)26-21(29)20(11-13-5-8-15(9-6-13)28(32)33)27-22(30)16-3-1-2-4-17(16)23(27)31/h1-10,12,20H,11H2,(H,26,29). The number of hydrogen-bond acceptors (Lipinski definition) is 5. The van der Waals surface area contributed by atoms with Gasteiger partial charge in [-0.05, 0) is 35.9 Å². The summed E-state index contributed by atoms with van der Waals surface area (Å²) in [5, 5.41) is 14.2. The highest BCUT2D eigenvalue weighted by molar-refractivity contribution is 6.36. The molecule has 0 saturated heterocycles. The number of imide groups is 1. The maximum atomic E-state index is 13.3. The molecule has 0 aromatic heterocycles. The molecule has 0 radical (unpaired) electrons. The van der Waals surface area contributed by atoms with Crippen LogP contribution in [0.2, 0.25) is 10.0 Å². The molecule has 3 amide bonds. The zero-order chi connectivity index (χ0) is 23.7. The molecule has 4 rings (SSSR count). The number of nitrogens with one attached hydrogen (secondary N) is 1. The van der Waals surface area contributed by atoms with E-state index in [-0.39, 0.29) is 33.9 Å². The van der Waals surface area contributed by atoms with Crippen LogP contribution in [-0.4, -0.2) is 33.6 Å². The average molecular weight is 484 g/mol. The van der Waals surface area contributed by atoms with E-state index in [0.29, 0.717) is 10.6 Å². The Labute approximate surface area is 197 Å². The molecule has 0 bridgehead atoms. The summed E-state index contributed by atoms with van der Waals surface area (Å²) in [6.45, 7) is 0. The van der Waals surface area contributed by atoms with Crippen molar-refractivity contribution in [1.29, 1.82) is 0 Å². The van der Waals surface area contributed by atoms with Crippen LogP contribution in [0.15, 0.2) is 66.7 Å². The van der Waals surface area contributed by atoms with E-state index in [9.17, 15) is 24.5 Å². The summed E-state index contributed by atoms with van der Waals surface area (Å²) in [5.74, 6) is -1.84. The smallest absolute Gasteiger partial charge is 0.269 e. The van der Waals surface area contributed by atoms with Crippen molar-refractivity contribution in [3.63, 3.8) is 0 Å². The molecule has 166 valence electrons. The molecule has 1 atom stereocenters. The molecule has 0 saturated carbocycles. The van der Waals surface area contributed by atoms with Gasteiger partial charge in [0.05, 0.1) is 26.8 Å². The summed E-state index contributed by atoms with van der Waals surface area (Å²) >= 11 is 12.1. The fourth-order valence-electron chi connectivity index (χ4n) is 3.58. The molecule has 1 unspecified atom stereocenters. The first-order valence-electron chi connectivity index (χ1n) is 9.72. The minimum absolute atomic E-state index is 0.0551. The van der Waals surface area contributed by atoms with Crippen LogP contribution >= 0.6 is 23.2 Å². The van der Waals surface area contributed by atoms with E-state index >= 15 is 0 Å². The predicted molar refractivity (Wildman–Crippen MR) is 123 cm³/mol. The van der Waals surface area contributed by atoms with E-state index < -0.39 is 28.7 Å². The highest BCUT2D eigenvalue weighted by Crippen LogP contribution is 2.29. The van der Waals surface area contributed by atoms with Crippen LogP contribution in [0.25, 0.3) is 0 Å². The first kappa shape index (κ1) is 22.4. The van der Waals surface area contributed by atoms with E-state index in [4.69, 9.17) is 23.2 Å². The highest BCUT2D eigenvalue weighted by Gasteiger charge is 2.42. The summed E-state index contributed by atoms with van der Waals surface area (Å²) in [6.07, 6.45) is -0.0551. The number of hydrogen-bond donors (Lipinski definition) is 1. The molecule has 10 heteroatoms. The van der Waals surface area contributed by atoms with Crippen molar-refractivity contribution in [1.82, 2.24) is 4.90 Å². The largest absolute Gasteiger partial charge is 0.323 e. The van der Waals surface area contributed by atoms with E-state index in [1.807, 2.05) is 0 Å². The Bertz CT molecular complexity index is 1260. The number of nitro groups is 1. The van der Waals surface area contributed by atoms with E-state index in [1.165, 1.54) is 54.6 Å². The first-order valence-corrected chi connectivity index (χ1v) is 10.5. The van der Waals surface area contributed by atoms with Gasteiger partial charge >= 0.3 is 0 Å². The van der Waals surface area contributed by atoms with Gasteiger partial charge in [0.25, 0.3) is 17.5 Å². The number of halogens is 2. The van der Waals surface area contributed by atoms with Gasteiger partial charge < -0.3 is 5.32 Å². The monoisotopic (exact) mass is 483 g/mol. The molecule has 33 heavy (non-hydrogen) atoms. The van der Waals surface area contributed by atoms with Crippen molar-refractivity contribution < 1.29 is 19.3 Å². The third-order valence-electron chi connectivity index (χ3n) is 5.21. The number of benzene rings is 3. The number of amides is 3. The summed E-state index contributed by atoms with van der Waals surface area (Å²) in [7, 11) is 0. The van der Waals surface area contributed by atoms with E-state index in [2.05, 4.69) is 5.32 Å². The lowest BCUT2D eigenvalue weighted by Gasteiger charge is -2.25. The Kier molecular flexibility index (Phi) is 6.13. The van der Waals surface area contributed by atoms with Crippen LogP contribution in [0.4, 0.5) is 11.4 Å². The Balaban J connectivity index is 1.69. The van der Waals surface area contributed by atoms with Crippen LogP contribution in [0, 0.1) is 10.1 Å². The summed E-state index contributed by atoms with van der Waals surface area (Å²) in [4.78, 5) is 50.7. The molecule has 1 N–H and O–H groups in total. The second-order valence-electron chi connectivity index (χ2n) is 7.28. The number of anilines is 1. The lowest BCUT2D eigenvalue weighted by atomic mass is 10.0. The number of carbonyl (C=O) groups excluding carboxylic acids is 3. The van der Waals surface area contributed by atoms with Crippen LogP contribution < -0.4 is 5.32 Å². The first-order chi connectivity index (χ1) is 15.8. The van der Waals surface area contributed by atoms with E-state index in [1.54, 1.807) is 12.1 Å². The predicted octanol–water partition coefficient (Wildman–Crippen LogP) is 4.75. The van der Waals surface area contributed by atoms with Gasteiger partial charge in [0.15, 0.2) is 0 Å². The van der Waals surface area contributed by atoms with Gasteiger partial charge in [0.2, 0.25) is 5.91 Å². The number of rotatable bonds is 6. The van der Waals surface area contributed by atoms with Gasteiger partial charge in [-0.1, -0.05) is 47.5 Å². The van der Waals surface area contributed by atoms with Crippen molar-refractivity contribution in [2.45, 2.75) is 12.5 Å². The normalized spacial score (nSPS) is 13.6. The second-order valence-corrected chi connectivity index (χ2v) is 8.13. The lowest BCUT2D eigenvalue weighted by molar-refractivity contribution is -0.384. The Morgan fingerprint density at radius 1 is 0.970 bits per heavy atom. The lowest BCUT2D eigenvalue weighted by Crippen LogP contribution is -2.48. The molecule has 0 aliphatic carbocycles. The molecule has 0 fully saturated rings. The van der Waals surface area contributed by atoms with E-state index in [0.717, 1.165) is 4.90 Å². The quantitative estimate of drug-likeness (QED) is 0.309. The SMILES string of the molecule is O=C(Nc1ccc(Cl)cc1Cl)C(Cc1ccc([N+](=O)[O-])cc1)N1C(=O)c2ccccc2C1=O.